The molecule has 0 radical (unpaired) electrons. The summed E-state index contributed by atoms with van der Waals surface area (Å²) >= 11 is 0. The second-order valence-corrected chi connectivity index (χ2v) is 8.95. The van der Waals surface area contributed by atoms with Crippen molar-refractivity contribution in [3.05, 3.63) is 12.2 Å². The summed E-state index contributed by atoms with van der Waals surface area (Å²) in [6, 6.07) is 0. The Hall–Kier alpha value is -1.15. The van der Waals surface area contributed by atoms with Crippen LogP contribution in [0.1, 0.15) is 12.8 Å². The van der Waals surface area contributed by atoms with Crippen LogP contribution in [0, 0.1) is 17.8 Å². The van der Waals surface area contributed by atoms with Gasteiger partial charge in [-0.05, 0) is 24.7 Å². The van der Waals surface area contributed by atoms with Gasteiger partial charge in [0.05, 0.1) is 118 Å². The van der Waals surface area contributed by atoms with Crippen molar-refractivity contribution < 1.29 is 52.2 Å². The van der Waals surface area contributed by atoms with Crippen LogP contribution in [-0.4, -0.2) is 132 Å². The molecule has 1 fully saturated rings. The molecular weight excluding hydrogens is 500 g/mol. The van der Waals surface area contributed by atoms with Crippen molar-refractivity contribution in [2.45, 2.75) is 12.8 Å². The largest absolute Gasteiger partial charge is 0.463 e. The first-order chi connectivity index (χ1) is 18.8. The summed E-state index contributed by atoms with van der Waals surface area (Å²) in [4.78, 5) is 12.1. The van der Waals surface area contributed by atoms with Gasteiger partial charge in [-0.3, -0.25) is 4.79 Å². The number of fused-ring (bicyclic) bond motifs is 2. The average Bonchev–Trinajstić information content (AvgIpc) is 3.57. The van der Waals surface area contributed by atoms with Crippen LogP contribution in [-0.2, 0) is 52.2 Å². The van der Waals surface area contributed by atoms with Gasteiger partial charge in [0.15, 0.2) is 0 Å². The number of hydrogen-bond donors (Lipinski definition) is 0. The average molecular weight is 549 g/mol. The van der Waals surface area contributed by atoms with Crippen molar-refractivity contribution in [2.75, 3.05) is 126 Å². The third-order valence-electron chi connectivity index (χ3n) is 6.09. The van der Waals surface area contributed by atoms with Gasteiger partial charge in [-0.1, -0.05) is 12.2 Å². The second-order valence-electron chi connectivity index (χ2n) is 8.95. The van der Waals surface area contributed by atoms with Gasteiger partial charge >= 0.3 is 5.97 Å². The molecule has 2 aliphatic rings. The lowest BCUT2D eigenvalue weighted by atomic mass is 9.94. The molecule has 3 atom stereocenters. The number of allylic oxidation sites excluding steroid dienone is 2. The maximum atomic E-state index is 12.1. The highest BCUT2D eigenvalue weighted by molar-refractivity contribution is 5.74. The molecule has 0 spiro atoms. The molecule has 222 valence electrons. The van der Waals surface area contributed by atoms with E-state index in [0.29, 0.717) is 131 Å². The van der Waals surface area contributed by atoms with Crippen LogP contribution in [0.5, 0.6) is 0 Å². The normalized spacial score (nSPS) is 20.0. The van der Waals surface area contributed by atoms with Crippen LogP contribution < -0.4 is 0 Å². The maximum absolute atomic E-state index is 12.1. The molecule has 38 heavy (non-hydrogen) atoms. The maximum Gasteiger partial charge on any atom is 0.309 e. The molecule has 11 nitrogen and oxygen atoms in total. The third-order valence-corrected chi connectivity index (χ3v) is 6.09. The van der Waals surface area contributed by atoms with Crippen molar-refractivity contribution in [3.63, 3.8) is 0 Å². The van der Waals surface area contributed by atoms with E-state index in [-0.39, 0.29) is 11.9 Å². The molecule has 0 amide bonds. The zero-order chi connectivity index (χ0) is 26.9. The smallest absolute Gasteiger partial charge is 0.309 e. The van der Waals surface area contributed by atoms with E-state index in [1.54, 1.807) is 7.11 Å². The molecule has 2 aliphatic carbocycles. The van der Waals surface area contributed by atoms with E-state index in [4.69, 9.17) is 47.4 Å². The summed E-state index contributed by atoms with van der Waals surface area (Å²) in [5.74, 6) is 0.895. The van der Waals surface area contributed by atoms with Gasteiger partial charge in [0.1, 0.15) is 6.61 Å². The number of ether oxygens (including phenoxy) is 10. The van der Waals surface area contributed by atoms with Crippen molar-refractivity contribution in [3.8, 4) is 0 Å². The van der Waals surface area contributed by atoms with E-state index in [2.05, 4.69) is 12.2 Å². The van der Waals surface area contributed by atoms with Gasteiger partial charge in [0, 0.05) is 7.11 Å². The van der Waals surface area contributed by atoms with E-state index in [0.717, 1.165) is 12.8 Å². The zero-order valence-electron chi connectivity index (χ0n) is 23.0. The van der Waals surface area contributed by atoms with Gasteiger partial charge in [0.2, 0.25) is 0 Å². The molecular formula is C27H48O11. The van der Waals surface area contributed by atoms with Gasteiger partial charge in [-0.15, -0.1) is 0 Å². The van der Waals surface area contributed by atoms with Crippen LogP contribution in [0.2, 0.25) is 0 Å². The molecule has 0 N–H and O–H groups in total. The highest BCUT2D eigenvalue weighted by Gasteiger charge is 2.40. The van der Waals surface area contributed by atoms with Gasteiger partial charge < -0.3 is 47.4 Å². The summed E-state index contributed by atoms with van der Waals surface area (Å²) in [6.07, 6.45) is 6.40. The minimum Gasteiger partial charge on any atom is -0.463 e. The number of carbonyl (C=O) groups is 1. The van der Waals surface area contributed by atoms with Crippen LogP contribution in [0.3, 0.4) is 0 Å². The Balaban J connectivity index is 1.17. The van der Waals surface area contributed by atoms with Crippen molar-refractivity contribution >= 4 is 5.97 Å². The first-order valence-electron chi connectivity index (χ1n) is 13.8. The first-order valence-corrected chi connectivity index (χ1v) is 13.8. The Morgan fingerprint density at radius 3 is 1.21 bits per heavy atom. The second kappa shape index (κ2) is 23.7. The lowest BCUT2D eigenvalue weighted by Gasteiger charge is -2.16. The highest BCUT2D eigenvalue weighted by Crippen LogP contribution is 2.43. The summed E-state index contributed by atoms with van der Waals surface area (Å²) in [5.41, 5.74) is 0. The number of hydrogen-bond acceptors (Lipinski definition) is 11. The lowest BCUT2D eigenvalue weighted by molar-refractivity contribution is -0.151. The molecule has 0 aromatic heterocycles. The van der Waals surface area contributed by atoms with E-state index in [1.807, 2.05) is 0 Å². The SMILES string of the molecule is COCCOCCOCCOCCOCCOCCOCCOCCOCCOC(=O)C1CC2C=CC1C2. The lowest BCUT2D eigenvalue weighted by Crippen LogP contribution is -2.23. The summed E-state index contributed by atoms with van der Waals surface area (Å²) in [6.45, 7) is 9.03. The molecule has 0 saturated heterocycles. The molecule has 1 saturated carbocycles. The Kier molecular flexibility index (Phi) is 20.6. The number of carbonyl (C=O) groups excluding carboxylic acids is 1. The molecule has 2 bridgehead atoms. The number of rotatable bonds is 28. The molecule has 2 rings (SSSR count). The first kappa shape index (κ1) is 33.1. The van der Waals surface area contributed by atoms with Crippen LogP contribution in [0.4, 0.5) is 0 Å². The van der Waals surface area contributed by atoms with Crippen LogP contribution >= 0.6 is 0 Å². The van der Waals surface area contributed by atoms with E-state index in [9.17, 15) is 4.79 Å². The minimum absolute atomic E-state index is 0.0390. The van der Waals surface area contributed by atoms with Crippen molar-refractivity contribution in [1.29, 1.82) is 0 Å². The highest BCUT2D eigenvalue weighted by atomic mass is 16.6. The van der Waals surface area contributed by atoms with E-state index < -0.39 is 0 Å². The molecule has 0 aromatic carbocycles. The minimum atomic E-state index is -0.0882. The van der Waals surface area contributed by atoms with Crippen LogP contribution in [0.25, 0.3) is 0 Å². The summed E-state index contributed by atoms with van der Waals surface area (Å²) < 4.78 is 53.6. The Morgan fingerprint density at radius 2 is 0.895 bits per heavy atom. The van der Waals surface area contributed by atoms with E-state index >= 15 is 0 Å². The van der Waals surface area contributed by atoms with E-state index in [1.165, 1.54) is 0 Å². The standard InChI is InChI=1S/C27H48O11/c1-29-4-5-30-6-7-31-8-9-32-10-11-33-12-13-34-14-15-35-16-17-36-18-19-37-20-21-38-27(28)26-23-24-2-3-25(26)22-24/h2-3,24-26H,4-23H2,1H3. The fourth-order valence-corrected chi connectivity index (χ4v) is 4.14. The van der Waals surface area contributed by atoms with Crippen molar-refractivity contribution in [1.82, 2.24) is 0 Å². The fourth-order valence-electron chi connectivity index (χ4n) is 4.14. The molecule has 0 aliphatic heterocycles. The summed E-state index contributed by atoms with van der Waals surface area (Å²) in [7, 11) is 1.64. The monoisotopic (exact) mass is 548 g/mol. The topological polar surface area (TPSA) is 109 Å². The predicted molar refractivity (Wildman–Crippen MR) is 138 cm³/mol. The quantitative estimate of drug-likeness (QED) is 0.0806. The Morgan fingerprint density at radius 1 is 0.526 bits per heavy atom. The van der Waals surface area contributed by atoms with Gasteiger partial charge in [-0.25, -0.2) is 0 Å². The van der Waals surface area contributed by atoms with Gasteiger partial charge in [0.25, 0.3) is 0 Å². The Bertz CT molecular complexity index is 589. The Labute approximate surface area is 227 Å². The van der Waals surface area contributed by atoms with Gasteiger partial charge in [-0.2, -0.15) is 0 Å². The predicted octanol–water partition coefficient (Wildman–Crippen LogP) is 1.52. The zero-order valence-corrected chi connectivity index (χ0v) is 23.0. The number of methoxy groups -OCH3 is 1. The number of esters is 1. The molecule has 11 heteroatoms. The molecule has 0 heterocycles. The summed E-state index contributed by atoms with van der Waals surface area (Å²) in [5, 5.41) is 0. The molecule has 0 aromatic rings. The van der Waals surface area contributed by atoms with Crippen molar-refractivity contribution in [2.24, 2.45) is 17.8 Å². The fraction of sp³-hybridized carbons (Fsp3) is 0.889. The molecule has 3 unspecified atom stereocenters. The van der Waals surface area contributed by atoms with Crippen LogP contribution in [0.15, 0.2) is 12.2 Å². The third kappa shape index (κ3) is 16.7.